The van der Waals surface area contributed by atoms with Gasteiger partial charge in [-0.3, -0.25) is 4.55 Å². The summed E-state index contributed by atoms with van der Waals surface area (Å²) in [6, 6.07) is 3.34. The SMILES string of the molecule is CCC(C)COC(=O)c1ccc(C(=O)OCC(C)CC)c(S(=O)(=O)O)c1.[KH]. The number of carbonyl (C=O) groups excluding carboxylic acids is 2. The molecule has 0 saturated heterocycles. The number of rotatable bonds is 9. The first-order chi connectivity index (χ1) is 12.1. The second kappa shape index (κ2) is 12.3. The third kappa shape index (κ3) is 8.72. The number of ether oxygens (including phenoxy) is 2. The third-order valence-electron chi connectivity index (χ3n) is 4.11. The van der Waals surface area contributed by atoms with Crippen molar-refractivity contribution in [3.63, 3.8) is 0 Å². The molecule has 1 rings (SSSR count). The summed E-state index contributed by atoms with van der Waals surface area (Å²) in [4.78, 5) is 23.5. The van der Waals surface area contributed by atoms with Gasteiger partial charge in [0.25, 0.3) is 10.1 Å². The van der Waals surface area contributed by atoms with E-state index in [4.69, 9.17) is 9.47 Å². The van der Waals surface area contributed by atoms with Gasteiger partial charge >= 0.3 is 63.3 Å². The topological polar surface area (TPSA) is 107 Å². The van der Waals surface area contributed by atoms with E-state index in [-0.39, 0.29) is 87.6 Å². The molecule has 2 unspecified atom stereocenters. The molecule has 0 aromatic heterocycles. The van der Waals surface area contributed by atoms with Crippen LogP contribution in [0.2, 0.25) is 0 Å². The van der Waals surface area contributed by atoms with E-state index in [9.17, 15) is 22.6 Å². The number of hydrogen-bond acceptors (Lipinski definition) is 6. The minimum absolute atomic E-state index is 0. The average molecular weight is 427 g/mol. The monoisotopic (exact) mass is 426 g/mol. The Labute approximate surface area is 203 Å². The molecule has 7 nitrogen and oxygen atoms in total. The van der Waals surface area contributed by atoms with Crippen LogP contribution >= 0.6 is 0 Å². The zero-order valence-electron chi connectivity index (χ0n) is 15.5. The van der Waals surface area contributed by atoms with E-state index in [1.165, 1.54) is 6.07 Å². The van der Waals surface area contributed by atoms with Crippen LogP contribution in [0.25, 0.3) is 0 Å². The second-order valence-electron chi connectivity index (χ2n) is 6.41. The van der Waals surface area contributed by atoms with Crippen LogP contribution in [0, 0.1) is 11.8 Å². The summed E-state index contributed by atoms with van der Waals surface area (Å²) in [7, 11) is -4.72. The van der Waals surface area contributed by atoms with Crippen molar-refractivity contribution in [2.75, 3.05) is 13.2 Å². The van der Waals surface area contributed by atoms with Crippen molar-refractivity contribution in [1.29, 1.82) is 0 Å². The Kier molecular flexibility index (Phi) is 12.2. The molecule has 1 N–H and O–H groups in total. The number of carbonyl (C=O) groups is 2. The van der Waals surface area contributed by atoms with Crippen molar-refractivity contribution >= 4 is 73.4 Å². The predicted octanol–water partition coefficient (Wildman–Crippen LogP) is 2.69. The van der Waals surface area contributed by atoms with Crippen molar-refractivity contribution < 1.29 is 32.0 Å². The third-order valence-corrected chi connectivity index (χ3v) is 5.00. The number of hydrogen-bond donors (Lipinski definition) is 1. The van der Waals surface area contributed by atoms with Crippen molar-refractivity contribution in [2.45, 2.75) is 45.4 Å². The van der Waals surface area contributed by atoms with Gasteiger partial charge in [-0.1, -0.05) is 40.5 Å². The summed E-state index contributed by atoms with van der Waals surface area (Å²) in [5.74, 6) is -1.33. The Balaban J connectivity index is 0.00000676. The molecule has 0 amide bonds. The Morgan fingerprint density at radius 1 is 1.00 bits per heavy atom. The number of esters is 2. The fourth-order valence-electron chi connectivity index (χ4n) is 1.86. The van der Waals surface area contributed by atoms with Gasteiger partial charge in [-0.05, 0) is 30.0 Å². The fourth-order valence-corrected chi connectivity index (χ4v) is 2.57. The summed E-state index contributed by atoms with van der Waals surface area (Å²) in [5, 5.41) is 0. The van der Waals surface area contributed by atoms with Crippen LogP contribution in [0.15, 0.2) is 23.1 Å². The molecular weight excluding hydrogens is 399 g/mol. The van der Waals surface area contributed by atoms with E-state index in [2.05, 4.69) is 0 Å². The van der Waals surface area contributed by atoms with Crippen molar-refractivity contribution in [3.8, 4) is 0 Å². The molecule has 9 heteroatoms. The van der Waals surface area contributed by atoms with Gasteiger partial charge in [0.15, 0.2) is 0 Å². The van der Waals surface area contributed by atoms with E-state index < -0.39 is 27.0 Å². The van der Waals surface area contributed by atoms with E-state index >= 15 is 0 Å². The molecule has 0 aliphatic heterocycles. The standard InChI is InChI=1S/C18H26O7S.K.H/c1-5-12(3)10-24-17(19)14-7-8-15(16(9-14)26(21,22)23)18(20)25-11-13(4)6-2;;/h7-9,12-13H,5-6,10-11H2,1-4H3,(H,21,22,23);;. The molecule has 0 bridgehead atoms. The number of benzene rings is 1. The van der Waals surface area contributed by atoms with Gasteiger partial charge in [0.2, 0.25) is 0 Å². The maximum absolute atomic E-state index is 12.2. The van der Waals surface area contributed by atoms with Crippen molar-refractivity contribution in [1.82, 2.24) is 0 Å². The average Bonchev–Trinajstić information content (AvgIpc) is 2.62. The summed E-state index contributed by atoms with van der Waals surface area (Å²) >= 11 is 0. The van der Waals surface area contributed by atoms with Crippen molar-refractivity contribution in [3.05, 3.63) is 29.3 Å². The molecule has 0 fully saturated rings. The van der Waals surface area contributed by atoms with E-state index in [1.54, 1.807) is 0 Å². The first-order valence-electron chi connectivity index (χ1n) is 8.55. The first-order valence-corrected chi connectivity index (χ1v) is 9.99. The molecule has 1 aromatic rings. The maximum atomic E-state index is 12.2. The Morgan fingerprint density at radius 3 is 1.93 bits per heavy atom. The Hall–Kier alpha value is -0.294. The zero-order valence-corrected chi connectivity index (χ0v) is 16.3. The molecule has 0 heterocycles. The normalized spacial score (nSPS) is 13.2. The molecular formula is C18H27KO7S. The summed E-state index contributed by atoms with van der Waals surface area (Å²) in [5.41, 5.74) is -0.395. The van der Waals surface area contributed by atoms with Crippen LogP contribution in [-0.4, -0.2) is 89.5 Å². The van der Waals surface area contributed by atoms with E-state index in [0.717, 1.165) is 25.0 Å². The molecule has 0 aliphatic carbocycles. The quantitative estimate of drug-likeness (QED) is 0.367. The van der Waals surface area contributed by atoms with Crippen LogP contribution in [-0.2, 0) is 19.6 Å². The van der Waals surface area contributed by atoms with E-state index in [1.807, 2.05) is 27.7 Å². The molecule has 0 saturated carbocycles. The summed E-state index contributed by atoms with van der Waals surface area (Å²) in [6.07, 6.45) is 1.61. The van der Waals surface area contributed by atoms with Crippen molar-refractivity contribution in [2.24, 2.45) is 11.8 Å². The first kappa shape index (κ1) is 26.7. The zero-order chi connectivity index (χ0) is 19.9. The van der Waals surface area contributed by atoms with Crippen LogP contribution in [0.1, 0.15) is 61.3 Å². The molecule has 2 atom stereocenters. The van der Waals surface area contributed by atoms with Gasteiger partial charge in [-0.15, -0.1) is 0 Å². The van der Waals surface area contributed by atoms with Crippen LogP contribution in [0.5, 0.6) is 0 Å². The predicted molar refractivity (Wildman–Crippen MR) is 103 cm³/mol. The van der Waals surface area contributed by atoms with Gasteiger partial charge in [0, 0.05) is 0 Å². The Morgan fingerprint density at radius 2 is 1.48 bits per heavy atom. The molecule has 0 aliphatic rings. The summed E-state index contributed by atoms with van der Waals surface area (Å²) in [6.45, 7) is 7.99. The summed E-state index contributed by atoms with van der Waals surface area (Å²) < 4.78 is 42.9. The van der Waals surface area contributed by atoms with Gasteiger partial charge in [0.1, 0.15) is 4.90 Å². The molecule has 148 valence electrons. The molecule has 0 spiro atoms. The Bertz CT molecular complexity index is 746. The van der Waals surface area contributed by atoms with Crippen LogP contribution in [0.3, 0.4) is 0 Å². The molecule has 27 heavy (non-hydrogen) atoms. The fraction of sp³-hybridized carbons (Fsp3) is 0.556. The van der Waals surface area contributed by atoms with Crippen LogP contribution in [0.4, 0.5) is 0 Å². The van der Waals surface area contributed by atoms with Gasteiger partial charge in [-0.2, -0.15) is 8.42 Å². The van der Waals surface area contributed by atoms with Gasteiger partial charge in [0.05, 0.1) is 24.3 Å². The van der Waals surface area contributed by atoms with E-state index in [0.29, 0.717) is 0 Å². The van der Waals surface area contributed by atoms with Gasteiger partial charge < -0.3 is 9.47 Å². The molecule has 1 aromatic carbocycles. The van der Waals surface area contributed by atoms with Crippen LogP contribution < -0.4 is 0 Å². The second-order valence-corrected chi connectivity index (χ2v) is 7.80. The minimum atomic E-state index is -4.72. The van der Waals surface area contributed by atoms with Gasteiger partial charge in [-0.25, -0.2) is 9.59 Å². The molecule has 0 radical (unpaired) electrons.